The predicted octanol–water partition coefficient (Wildman–Crippen LogP) is 7.11. The largest absolute Gasteiger partial charge is 0.416 e. The molecule has 7 nitrogen and oxygen atoms in total. The Hall–Kier alpha value is -4.35. The molecule has 0 heterocycles. The summed E-state index contributed by atoms with van der Waals surface area (Å²) in [5, 5.41) is 3.37. The average Bonchev–Trinajstić information content (AvgIpc) is 3.02. The van der Waals surface area contributed by atoms with Crippen molar-refractivity contribution < 1.29 is 31.2 Å². The van der Waals surface area contributed by atoms with Crippen LogP contribution in [0.25, 0.3) is 0 Å². The number of sulfonamides is 1. The number of nitrogens with one attached hydrogen (secondary N) is 1. The second-order valence-electron chi connectivity index (χ2n) is 12.0. The van der Waals surface area contributed by atoms with Crippen LogP contribution in [0.4, 0.5) is 18.9 Å². The molecule has 1 atom stereocenters. The van der Waals surface area contributed by atoms with Crippen molar-refractivity contribution in [2.45, 2.75) is 56.4 Å². The van der Waals surface area contributed by atoms with Gasteiger partial charge in [-0.15, -0.1) is 0 Å². The first-order chi connectivity index (χ1) is 22.0. The van der Waals surface area contributed by atoms with Gasteiger partial charge in [0.15, 0.2) is 0 Å². The van der Waals surface area contributed by atoms with E-state index in [0.29, 0.717) is 21.0 Å². The van der Waals surface area contributed by atoms with E-state index in [-0.39, 0.29) is 23.5 Å². The minimum atomic E-state index is -4.77. The van der Waals surface area contributed by atoms with Crippen LogP contribution in [0.1, 0.15) is 37.5 Å². The second-order valence-corrected chi connectivity index (χ2v) is 14.3. The summed E-state index contributed by atoms with van der Waals surface area (Å²) in [7, 11) is -4.56. The van der Waals surface area contributed by atoms with Gasteiger partial charge in [0, 0.05) is 23.5 Å². The molecule has 0 radical (unpaired) electrons. The van der Waals surface area contributed by atoms with E-state index in [0.717, 1.165) is 17.7 Å². The Bertz CT molecular complexity index is 1780. The molecule has 0 aliphatic rings. The van der Waals surface area contributed by atoms with Crippen LogP contribution in [0.2, 0.25) is 5.02 Å². The van der Waals surface area contributed by atoms with Crippen molar-refractivity contribution in [3.05, 3.63) is 131 Å². The minimum Gasteiger partial charge on any atom is -0.350 e. The Kier molecular flexibility index (Phi) is 11.0. The van der Waals surface area contributed by atoms with Gasteiger partial charge in [-0.1, -0.05) is 78.3 Å². The highest BCUT2D eigenvalue weighted by Gasteiger charge is 2.37. The number of anilines is 1. The number of halogens is 4. The molecule has 2 amide bonds. The zero-order valence-corrected chi connectivity index (χ0v) is 27.6. The van der Waals surface area contributed by atoms with Gasteiger partial charge < -0.3 is 10.2 Å². The quantitative estimate of drug-likeness (QED) is 0.182. The first kappa shape index (κ1) is 35.5. The van der Waals surface area contributed by atoms with Gasteiger partial charge in [0.1, 0.15) is 12.6 Å². The van der Waals surface area contributed by atoms with E-state index in [1.165, 1.54) is 35.2 Å². The topological polar surface area (TPSA) is 86.8 Å². The first-order valence-electron chi connectivity index (χ1n) is 14.7. The van der Waals surface area contributed by atoms with Gasteiger partial charge in [0.05, 0.1) is 16.1 Å². The molecule has 0 aliphatic carbocycles. The van der Waals surface area contributed by atoms with Crippen LogP contribution in [-0.4, -0.2) is 43.3 Å². The summed E-state index contributed by atoms with van der Waals surface area (Å²) < 4.78 is 69.9. The van der Waals surface area contributed by atoms with E-state index >= 15 is 0 Å². The van der Waals surface area contributed by atoms with E-state index in [2.05, 4.69) is 5.32 Å². The Morgan fingerprint density at radius 3 is 1.98 bits per heavy atom. The Morgan fingerprint density at radius 2 is 1.40 bits per heavy atom. The van der Waals surface area contributed by atoms with E-state index in [1.807, 2.05) is 6.07 Å². The van der Waals surface area contributed by atoms with Crippen LogP contribution in [0.3, 0.4) is 0 Å². The van der Waals surface area contributed by atoms with Crippen molar-refractivity contribution in [2.24, 2.45) is 0 Å². The molecule has 47 heavy (non-hydrogen) atoms. The highest BCUT2D eigenvalue weighted by molar-refractivity contribution is 7.92. The molecule has 4 aromatic carbocycles. The number of alkyl halides is 3. The molecule has 12 heteroatoms. The minimum absolute atomic E-state index is 0.0804. The van der Waals surface area contributed by atoms with Crippen LogP contribution in [0.5, 0.6) is 0 Å². The van der Waals surface area contributed by atoms with Crippen molar-refractivity contribution >= 4 is 39.1 Å². The number of amides is 2. The van der Waals surface area contributed by atoms with Crippen molar-refractivity contribution in [3.63, 3.8) is 0 Å². The fraction of sp³-hybridized carbons (Fsp3) is 0.257. The molecule has 0 fully saturated rings. The van der Waals surface area contributed by atoms with Crippen LogP contribution in [0.15, 0.2) is 114 Å². The number of benzene rings is 4. The second kappa shape index (κ2) is 14.6. The van der Waals surface area contributed by atoms with Crippen molar-refractivity contribution in [2.75, 3.05) is 10.8 Å². The lowest BCUT2D eigenvalue weighted by Crippen LogP contribution is -2.56. The third-order valence-electron chi connectivity index (χ3n) is 7.11. The zero-order chi connectivity index (χ0) is 34.4. The van der Waals surface area contributed by atoms with Crippen molar-refractivity contribution in [1.29, 1.82) is 0 Å². The maximum absolute atomic E-state index is 14.5. The first-order valence-corrected chi connectivity index (χ1v) is 16.5. The smallest absolute Gasteiger partial charge is 0.350 e. The van der Waals surface area contributed by atoms with E-state index in [4.69, 9.17) is 11.6 Å². The van der Waals surface area contributed by atoms with Crippen molar-refractivity contribution in [3.8, 4) is 0 Å². The fourth-order valence-corrected chi connectivity index (χ4v) is 6.43. The normalized spacial score (nSPS) is 12.7. The number of rotatable bonds is 11. The van der Waals surface area contributed by atoms with Crippen LogP contribution < -0.4 is 9.62 Å². The highest BCUT2D eigenvalue weighted by Crippen LogP contribution is 2.33. The van der Waals surface area contributed by atoms with Crippen LogP contribution in [-0.2, 0) is 38.8 Å². The van der Waals surface area contributed by atoms with Gasteiger partial charge in [-0.2, -0.15) is 13.2 Å². The molecule has 248 valence electrons. The Morgan fingerprint density at radius 1 is 0.809 bits per heavy atom. The van der Waals surface area contributed by atoms with Gasteiger partial charge in [-0.25, -0.2) is 8.42 Å². The molecule has 0 aliphatic heterocycles. The molecule has 0 spiro atoms. The Balaban J connectivity index is 1.85. The lowest BCUT2D eigenvalue weighted by atomic mass is 10.0. The van der Waals surface area contributed by atoms with Crippen LogP contribution >= 0.6 is 11.6 Å². The fourth-order valence-electron chi connectivity index (χ4n) is 4.88. The molecule has 0 bridgehead atoms. The third-order valence-corrected chi connectivity index (χ3v) is 9.15. The van der Waals surface area contributed by atoms with Gasteiger partial charge in [-0.3, -0.25) is 13.9 Å². The Labute approximate surface area is 278 Å². The van der Waals surface area contributed by atoms with E-state index in [1.54, 1.807) is 75.4 Å². The molecular weight excluding hydrogens is 651 g/mol. The average molecular weight is 686 g/mol. The molecule has 4 aromatic rings. The molecule has 0 aromatic heterocycles. The van der Waals surface area contributed by atoms with Gasteiger partial charge in [0.25, 0.3) is 10.0 Å². The maximum Gasteiger partial charge on any atom is 0.416 e. The maximum atomic E-state index is 14.5. The number of hydrogen-bond donors (Lipinski definition) is 1. The zero-order valence-electron chi connectivity index (χ0n) is 26.0. The summed E-state index contributed by atoms with van der Waals surface area (Å²) >= 11 is 6.10. The lowest BCUT2D eigenvalue weighted by molar-refractivity contribution is -0.140. The number of hydrogen-bond acceptors (Lipinski definition) is 4. The highest BCUT2D eigenvalue weighted by atomic mass is 35.5. The standard InChI is InChI=1S/C35H35ClF3N3O4S/c1-34(2,3)40-33(44)31(21-25-11-6-4-7-12-25)41(23-26-17-19-28(36)20-18-26)32(43)24-42(47(45,46)30-15-8-5-9-16-30)29-14-10-13-27(22-29)35(37,38)39/h4-20,22,31H,21,23-24H2,1-3H3,(H,40,44)/t31-/m0/s1. The van der Waals surface area contributed by atoms with Crippen LogP contribution in [0, 0.1) is 0 Å². The summed E-state index contributed by atoms with van der Waals surface area (Å²) in [6, 6.07) is 25.4. The molecule has 4 rings (SSSR count). The summed E-state index contributed by atoms with van der Waals surface area (Å²) in [5.74, 6) is -1.29. The SMILES string of the molecule is CC(C)(C)NC(=O)[C@H](Cc1ccccc1)N(Cc1ccc(Cl)cc1)C(=O)CN(c1cccc(C(F)(F)F)c1)S(=O)(=O)c1ccccc1. The lowest BCUT2D eigenvalue weighted by Gasteiger charge is -2.35. The summed E-state index contributed by atoms with van der Waals surface area (Å²) in [6.45, 7) is 4.36. The summed E-state index contributed by atoms with van der Waals surface area (Å²) in [4.78, 5) is 29.4. The van der Waals surface area contributed by atoms with Gasteiger partial charge in [-0.05, 0) is 74.4 Å². The molecule has 0 saturated carbocycles. The number of carbonyl (C=O) groups excluding carboxylic acids is 2. The van der Waals surface area contributed by atoms with E-state index in [9.17, 15) is 31.2 Å². The molecular formula is C35H35ClF3N3O4S. The molecule has 0 saturated heterocycles. The van der Waals surface area contributed by atoms with E-state index < -0.39 is 51.7 Å². The number of nitrogens with zero attached hydrogens (tertiary/aromatic N) is 2. The van der Waals surface area contributed by atoms with Gasteiger partial charge in [0.2, 0.25) is 11.8 Å². The van der Waals surface area contributed by atoms with Crippen molar-refractivity contribution in [1.82, 2.24) is 10.2 Å². The number of carbonyl (C=O) groups is 2. The molecule has 1 N–H and O–H groups in total. The monoisotopic (exact) mass is 685 g/mol. The third kappa shape index (κ3) is 9.59. The summed E-state index contributed by atoms with van der Waals surface area (Å²) in [6.07, 6.45) is -4.69. The summed E-state index contributed by atoms with van der Waals surface area (Å²) in [5.41, 5.74) is -0.785. The molecule has 0 unspecified atom stereocenters. The van der Waals surface area contributed by atoms with Gasteiger partial charge >= 0.3 is 6.18 Å². The predicted molar refractivity (Wildman–Crippen MR) is 176 cm³/mol.